The van der Waals surface area contributed by atoms with Crippen LogP contribution in [0.3, 0.4) is 0 Å². The van der Waals surface area contributed by atoms with E-state index in [1.54, 1.807) is 19.1 Å². The van der Waals surface area contributed by atoms with Gasteiger partial charge in [-0.3, -0.25) is 0 Å². The molecule has 23 heavy (non-hydrogen) atoms. The number of ether oxygens (including phenoxy) is 1. The van der Waals surface area contributed by atoms with Crippen molar-refractivity contribution in [1.82, 2.24) is 0 Å². The van der Waals surface area contributed by atoms with Crippen LogP contribution in [0.5, 0.6) is 5.75 Å². The third-order valence-electron chi connectivity index (χ3n) is 3.26. The minimum absolute atomic E-state index is 0.154. The Kier molecular flexibility index (Phi) is 5.39. The zero-order valence-electron chi connectivity index (χ0n) is 13.3. The number of nitrogens with zero attached hydrogens (tertiary/aromatic N) is 1. The van der Waals surface area contributed by atoms with E-state index in [4.69, 9.17) is 9.57 Å². The van der Waals surface area contributed by atoms with Gasteiger partial charge in [-0.2, -0.15) is 0 Å². The van der Waals surface area contributed by atoms with Crippen LogP contribution in [0.15, 0.2) is 58.6 Å². The van der Waals surface area contributed by atoms with E-state index in [1.165, 1.54) is 13.2 Å². The van der Waals surface area contributed by atoms with Gasteiger partial charge in [0.05, 0.1) is 12.8 Å². The molecular formula is C17H19NO4S. The lowest BCUT2D eigenvalue weighted by molar-refractivity contribution is 0.130. The maximum Gasteiger partial charge on any atom is 0.179 e. The van der Waals surface area contributed by atoms with Crippen LogP contribution in [0.1, 0.15) is 18.1 Å². The van der Waals surface area contributed by atoms with Crippen molar-refractivity contribution in [2.45, 2.75) is 18.4 Å². The van der Waals surface area contributed by atoms with Crippen LogP contribution in [0, 0.1) is 0 Å². The number of methoxy groups -OCH3 is 1. The first-order valence-corrected chi connectivity index (χ1v) is 8.90. The highest BCUT2D eigenvalue weighted by Crippen LogP contribution is 2.25. The van der Waals surface area contributed by atoms with Gasteiger partial charge >= 0.3 is 0 Å². The highest BCUT2D eigenvalue weighted by Gasteiger charge is 2.15. The Morgan fingerprint density at radius 3 is 2.43 bits per heavy atom. The van der Waals surface area contributed by atoms with Crippen LogP contribution in [-0.4, -0.2) is 27.5 Å². The summed E-state index contributed by atoms with van der Waals surface area (Å²) < 4.78 is 28.5. The van der Waals surface area contributed by atoms with Crippen molar-refractivity contribution in [2.75, 3.05) is 13.4 Å². The summed E-state index contributed by atoms with van der Waals surface area (Å²) in [6.45, 7) is 2.16. The molecule has 0 aliphatic heterocycles. The van der Waals surface area contributed by atoms with Gasteiger partial charge in [0.2, 0.25) is 0 Å². The van der Waals surface area contributed by atoms with Crippen LogP contribution in [0.2, 0.25) is 0 Å². The summed E-state index contributed by atoms with van der Waals surface area (Å²) in [6.07, 6.45) is 1.15. The highest BCUT2D eigenvalue weighted by molar-refractivity contribution is 7.90. The quantitative estimate of drug-likeness (QED) is 0.602. The third kappa shape index (κ3) is 4.56. The number of oxime groups is 1. The van der Waals surface area contributed by atoms with Gasteiger partial charge < -0.3 is 9.57 Å². The molecule has 2 rings (SSSR count). The van der Waals surface area contributed by atoms with E-state index in [0.717, 1.165) is 17.4 Å². The van der Waals surface area contributed by atoms with E-state index >= 15 is 0 Å². The molecule has 6 heteroatoms. The van der Waals surface area contributed by atoms with E-state index < -0.39 is 9.84 Å². The fourth-order valence-electron chi connectivity index (χ4n) is 2.03. The van der Waals surface area contributed by atoms with Crippen molar-refractivity contribution >= 4 is 15.5 Å². The first-order valence-electron chi connectivity index (χ1n) is 7.01. The summed E-state index contributed by atoms with van der Waals surface area (Å²) in [7, 11) is -1.90. The van der Waals surface area contributed by atoms with Gasteiger partial charge in [-0.15, -0.1) is 0 Å². The first-order chi connectivity index (χ1) is 10.9. The van der Waals surface area contributed by atoms with Gasteiger partial charge in [-0.25, -0.2) is 8.42 Å². The van der Waals surface area contributed by atoms with Crippen molar-refractivity contribution in [3.05, 3.63) is 59.7 Å². The average molecular weight is 333 g/mol. The summed E-state index contributed by atoms with van der Waals surface area (Å²) in [4.78, 5) is 5.49. The largest absolute Gasteiger partial charge is 0.495 e. The van der Waals surface area contributed by atoms with E-state index in [2.05, 4.69) is 5.16 Å². The maximum atomic E-state index is 11.7. The molecule has 0 aromatic heterocycles. The van der Waals surface area contributed by atoms with Gasteiger partial charge in [0, 0.05) is 11.8 Å². The van der Waals surface area contributed by atoms with Crippen molar-refractivity contribution < 1.29 is 18.0 Å². The monoisotopic (exact) mass is 333 g/mol. The fraction of sp³-hybridized carbons (Fsp3) is 0.235. The maximum absolute atomic E-state index is 11.7. The molecule has 0 aliphatic rings. The van der Waals surface area contributed by atoms with E-state index in [9.17, 15) is 8.42 Å². The second kappa shape index (κ2) is 7.28. The van der Waals surface area contributed by atoms with Crippen molar-refractivity contribution in [1.29, 1.82) is 0 Å². The SMILES string of the molecule is COc1cc(C(C)=NOCc2ccccc2)ccc1S(C)(=O)=O. The molecule has 0 heterocycles. The number of sulfone groups is 1. The molecule has 0 fully saturated rings. The molecule has 0 N–H and O–H groups in total. The summed E-state index contributed by atoms with van der Waals surface area (Å²) in [6, 6.07) is 14.6. The topological polar surface area (TPSA) is 65.0 Å². The van der Waals surface area contributed by atoms with Crippen LogP contribution < -0.4 is 4.74 Å². The van der Waals surface area contributed by atoms with E-state index in [0.29, 0.717) is 18.1 Å². The lowest BCUT2D eigenvalue weighted by atomic mass is 10.1. The van der Waals surface area contributed by atoms with E-state index in [1.807, 2.05) is 30.3 Å². The van der Waals surface area contributed by atoms with Gasteiger partial charge in [0.15, 0.2) is 9.84 Å². The molecule has 0 saturated heterocycles. The minimum atomic E-state index is -3.34. The number of rotatable bonds is 6. The summed E-state index contributed by atoms with van der Waals surface area (Å²) in [5.41, 5.74) is 2.40. The molecule has 0 aliphatic carbocycles. The van der Waals surface area contributed by atoms with Crippen molar-refractivity contribution in [2.24, 2.45) is 5.16 Å². The smallest absolute Gasteiger partial charge is 0.179 e. The average Bonchev–Trinajstić information content (AvgIpc) is 2.54. The van der Waals surface area contributed by atoms with Crippen LogP contribution >= 0.6 is 0 Å². The molecular weight excluding hydrogens is 314 g/mol. The number of hydrogen-bond donors (Lipinski definition) is 0. The molecule has 122 valence electrons. The summed E-state index contributed by atoms with van der Waals surface area (Å²) >= 11 is 0. The predicted octanol–water partition coefficient (Wildman–Crippen LogP) is 3.04. The summed E-state index contributed by atoms with van der Waals surface area (Å²) in [5.74, 6) is 0.294. The Morgan fingerprint density at radius 1 is 1.13 bits per heavy atom. The molecule has 0 bridgehead atoms. The predicted molar refractivity (Wildman–Crippen MR) is 89.5 cm³/mol. The number of hydrogen-bond acceptors (Lipinski definition) is 5. The lowest BCUT2D eigenvalue weighted by Gasteiger charge is -2.09. The minimum Gasteiger partial charge on any atom is -0.495 e. The molecule has 0 spiro atoms. The molecule has 2 aromatic carbocycles. The molecule has 2 aromatic rings. The standard InChI is InChI=1S/C17H19NO4S/c1-13(18-22-12-14-7-5-4-6-8-14)15-9-10-17(23(3,19)20)16(11-15)21-2/h4-11H,12H2,1-3H3. The van der Waals surface area contributed by atoms with Gasteiger partial charge in [0.1, 0.15) is 17.3 Å². The Bertz CT molecular complexity index is 799. The Morgan fingerprint density at radius 2 is 1.83 bits per heavy atom. The third-order valence-corrected chi connectivity index (χ3v) is 4.39. The van der Waals surface area contributed by atoms with Crippen molar-refractivity contribution in [3.8, 4) is 5.75 Å². The van der Waals surface area contributed by atoms with Gasteiger partial charge in [-0.05, 0) is 24.6 Å². The summed E-state index contributed by atoms with van der Waals surface area (Å²) in [5, 5.41) is 4.07. The second-order valence-corrected chi connectivity index (χ2v) is 7.06. The van der Waals surface area contributed by atoms with Crippen LogP contribution in [0.4, 0.5) is 0 Å². The molecule has 0 unspecified atom stereocenters. The van der Waals surface area contributed by atoms with E-state index in [-0.39, 0.29) is 4.90 Å². The molecule has 0 radical (unpaired) electrons. The zero-order chi connectivity index (χ0) is 16.9. The normalized spacial score (nSPS) is 12.0. The van der Waals surface area contributed by atoms with Crippen LogP contribution in [-0.2, 0) is 21.3 Å². The lowest BCUT2D eigenvalue weighted by Crippen LogP contribution is -2.03. The Balaban J connectivity index is 2.16. The Labute approximate surface area is 136 Å². The van der Waals surface area contributed by atoms with Gasteiger partial charge in [0.25, 0.3) is 0 Å². The van der Waals surface area contributed by atoms with Crippen molar-refractivity contribution in [3.63, 3.8) is 0 Å². The number of benzene rings is 2. The molecule has 0 saturated carbocycles. The molecule has 0 amide bonds. The molecule has 0 atom stereocenters. The highest BCUT2D eigenvalue weighted by atomic mass is 32.2. The second-order valence-electron chi connectivity index (χ2n) is 5.07. The fourth-order valence-corrected chi connectivity index (χ4v) is 2.85. The van der Waals surface area contributed by atoms with Crippen LogP contribution in [0.25, 0.3) is 0 Å². The van der Waals surface area contributed by atoms with Gasteiger partial charge in [-0.1, -0.05) is 41.6 Å². The zero-order valence-corrected chi connectivity index (χ0v) is 14.1. The first kappa shape index (κ1) is 17.0. The Hall–Kier alpha value is -2.34. The molecule has 5 nitrogen and oxygen atoms in total.